The first-order chi connectivity index (χ1) is 33.4. The van der Waals surface area contributed by atoms with Gasteiger partial charge in [0.25, 0.3) is 6.33 Å². The number of imidazole rings is 1. The Balaban J connectivity index is 0.00000608. The largest absolute Gasteiger partial charge is 4.00 e. The van der Waals surface area contributed by atoms with Crippen LogP contribution in [0.4, 0.5) is 17.1 Å². The Labute approximate surface area is 379 Å². The molecule has 286 valence electrons. The molecule has 0 fully saturated rings. The Morgan fingerprint density at radius 1 is 0.500 bits per heavy atom. The molecule has 4 nitrogen and oxygen atoms in total. The van der Waals surface area contributed by atoms with Crippen LogP contribution in [-0.2, 0) is 21.1 Å². The smallest absolute Gasteiger partial charge is 0.503 e. The average molecular weight is 961 g/mol. The number of para-hydroxylation sites is 6. The molecule has 0 spiro atoms. The molecule has 5 heteroatoms. The van der Waals surface area contributed by atoms with E-state index in [-0.39, 0.29) is 49.0 Å². The van der Waals surface area contributed by atoms with Crippen molar-refractivity contribution in [1.29, 1.82) is 0 Å². The molecule has 9 aromatic carbocycles. The van der Waals surface area contributed by atoms with E-state index in [1.54, 1.807) is 39.5 Å². The Bertz CT molecular complexity index is 3440. The second-order valence-electron chi connectivity index (χ2n) is 13.4. The minimum Gasteiger partial charge on any atom is -0.503 e. The van der Waals surface area contributed by atoms with Crippen LogP contribution in [0.5, 0.6) is 11.5 Å². The van der Waals surface area contributed by atoms with Gasteiger partial charge in [0, 0.05) is 28.6 Å². The fourth-order valence-corrected chi connectivity index (χ4v) is 7.25. The van der Waals surface area contributed by atoms with Crippen molar-refractivity contribution in [2.75, 3.05) is 4.90 Å². The van der Waals surface area contributed by atoms with Gasteiger partial charge in [-0.2, -0.15) is 12.1 Å². The van der Waals surface area contributed by atoms with E-state index in [0.717, 1.165) is 28.2 Å². The van der Waals surface area contributed by atoms with Crippen molar-refractivity contribution in [1.82, 2.24) is 4.57 Å². The predicted octanol–water partition coefficient (Wildman–Crippen LogP) is 13.6. The molecule has 0 radical (unpaired) electrons. The molecule has 0 unspecified atom stereocenters. The zero-order valence-corrected chi connectivity index (χ0v) is 33.9. The Morgan fingerprint density at radius 2 is 1.03 bits per heavy atom. The fraction of sp³-hybridized carbons (Fsp3) is 0. The third-order valence-corrected chi connectivity index (χ3v) is 9.81. The van der Waals surface area contributed by atoms with E-state index in [1.807, 2.05) is 97.1 Å². The molecule has 0 saturated heterocycles. The van der Waals surface area contributed by atoms with E-state index in [1.165, 1.54) is 0 Å². The number of benzene rings is 9. The number of hydrogen-bond donors (Lipinski definition) is 0. The first-order valence-electron chi connectivity index (χ1n) is 23.9. The number of aromatic nitrogens is 2. The van der Waals surface area contributed by atoms with Crippen LogP contribution in [0.1, 0.15) is 13.7 Å². The van der Waals surface area contributed by atoms with Crippen molar-refractivity contribution >= 4 is 28.1 Å². The summed E-state index contributed by atoms with van der Waals surface area (Å²) in [6.45, 7) is 0. The number of hydrogen-bond acceptors (Lipinski definition) is 2. The monoisotopic (exact) mass is 960 g/mol. The summed E-state index contributed by atoms with van der Waals surface area (Å²) in [7, 11) is 0. The van der Waals surface area contributed by atoms with Gasteiger partial charge in [0.2, 0.25) is 0 Å². The number of nitrogens with zero attached hydrogens (tertiary/aromatic N) is 3. The van der Waals surface area contributed by atoms with Crippen molar-refractivity contribution in [3.63, 3.8) is 0 Å². The molecule has 0 aliphatic rings. The van der Waals surface area contributed by atoms with Crippen LogP contribution in [0, 0.1) is 18.5 Å². The van der Waals surface area contributed by atoms with Gasteiger partial charge in [-0.05, 0) is 58.3 Å². The zero-order valence-electron chi connectivity index (χ0n) is 41.7. The van der Waals surface area contributed by atoms with Crippen LogP contribution >= 0.6 is 0 Å². The molecule has 10 rings (SSSR count). The number of anilines is 3. The van der Waals surface area contributed by atoms with Gasteiger partial charge < -0.3 is 14.2 Å². The number of rotatable bonds is 10. The van der Waals surface area contributed by atoms with Crippen LogP contribution in [0.25, 0.3) is 55.8 Å². The van der Waals surface area contributed by atoms with Gasteiger partial charge in [-0.25, -0.2) is 0 Å². The van der Waals surface area contributed by atoms with Gasteiger partial charge in [0.15, 0.2) is 0 Å². The van der Waals surface area contributed by atoms with Crippen LogP contribution in [0.15, 0.2) is 224 Å². The third kappa shape index (κ3) is 7.57. The first kappa shape index (κ1) is 28.2. The van der Waals surface area contributed by atoms with Gasteiger partial charge in [-0.3, -0.25) is 4.57 Å². The Hall–Kier alpha value is -7.26. The van der Waals surface area contributed by atoms with Gasteiger partial charge in [-0.1, -0.05) is 169 Å². The van der Waals surface area contributed by atoms with Crippen LogP contribution in [0.2, 0.25) is 0 Å². The molecule has 0 N–H and O–H groups in total. The first-order valence-corrected chi connectivity index (χ1v) is 18.9. The summed E-state index contributed by atoms with van der Waals surface area (Å²) in [5, 5.41) is 0. The Morgan fingerprint density at radius 3 is 1.70 bits per heavy atom. The fourth-order valence-electron chi connectivity index (χ4n) is 7.25. The molecular weight excluding hydrogens is 914 g/mol. The molecule has 0 aliphatic carbocycles. The summed E-state index contributed by atoms with van der Waals surface area (Å²) in [4.78, 5) is 2.20. The molecule has 0 atom stereocenters. The standard InChI is InChI=1S/C55H37N3O.Pt/c1-5-20-41(21-6-1)50-33-19-34-51(42-22-7-2-8-23-42)55(50)57-40-56(53-36-15-16-37-54(53)57)46-29-18-31-48(39-46)59-47-30-17-24-43(38-47)49-32-13-14-35-52(49)58(44-25-9-3-10-26-44)45-27-11-4-12-28-45;/h1-37H;/q-2;+4/i1D,2D,5D,6D,7D,8D,20D,21D,22D,23D;. The SMILES string of the molecule is [2H]c1c([2H])c([2H])c(-c2cccc(-c3c([2H])c([2H])c([2H])c([2H])c3[2H])c2-[n+]2[c-]n(-c3[c-]c(Oc4[c-]c(-c5ccccc5N(c5ccccc5)c5ccccc5)ccc4)ccc3)c3ccccc32)c([2H])c1[2H].[Pt+4]. The van der Waals surface area contributed by atoms with Gasteiger partial charge in [-0.15, -0.1) is 35.9 Å². The minimum absolute atomic E-state index is 0. The van der Waals surface area contributed by atoms with E-state index in [9.17, 15) is 0 Å². The van der Waals surface area contributed by atoms with E-state index in [2.05, 4.69) is 59.8 Å². The van der Waals surface area contributed by atoms with Crippen molar-refractivity contribution in [3.05, 3.63) is 243 Å². The Kier molecular flexibility index (Phi) is 8.14. The van der Waals surface area contributed by atoms with E-state index in [0.29, 0.717) is 28.2 Å². The van der Waals surface area contributed by atoms with Crippen molar-refractivity contribution in [2.24, 2.45) is 0 Å². The van der Waals surface area contributed by atoms with E-state index >= 15 is 0 Å². The third-order valence-electron chi connectivity index (χ3n) is 9.81. The molecule has 0 bridgehead atoms. The second-order valence-corrected chi connectivity index (χ2v) is 13.4. The van der Waals surface area contributed by atoms with Crippen molar-refractivity contribution in [3.8, 4) is 56.3 Å². The maximum atomic E-state index is 8.99. The van der Waals surface area contributed by atoms with E-state index < -0.39 is 60.4 Å². The number of ether oxygens (including phenoxy) is 1. The molecular formula is C55H37N3OPt+2. The minimum atomic E-state index is -0.572. The van der Waals surface area contributed by atoms with Crippen molar-refractivity contribution < 1.29 is 44.1 Å². The summed E-state index contributed by atoms with van der Waals surface area (Å²) in [6.07, 6.45) is 3.39. The molecule has 60 heavy (non-hydrogen) atoms. The van der Waals surface area contributed by atoms with Gasteiger partial charge in [0.05, 0.1) is 30.4 Å². The summed E-state index contributed by atoms with van der Waals surface area (Å²) in [5.74, 6) is 0.801. The summed E-state index contributed by atoms with van der Waals surface area (Å²) < 4.78 is 96.6. The average Bonchev–Trinajstić information content (AvgIpc) is 3.77. The molecule has 0 amide bonds. The van der Waals surface area contributed by atoms with E-state index in [4.69, 9.17) is 18.4 Å². The van der Waals surface area contributed by atoms with Gasteiger partial charge in [0.1, 0.15) is 0 Å². The van der Waals surface area contributed by atoms with Gasteiger partial charge >= 0.3 is 21.1 Å². The normalized spacial score (nSPS) is 13.2. The maximum absolute atomic E-state index is 8.99. The summed E-state index contributed by atoms with van der Waals surface area (Å²) in [6, 6.07) is 53.2. The predicted molar refractivity (Wildman–Crippen MR) is 239 cm³/mol. The molecule has 10 aromatic rings. The van der Waals surface area contributed by atoms with Crippen LogP contribution in [0.3, 0.4) is 0 Å². The van der Waals surface area contributed by atoms with Crippen LogP contribution < -0.4 is 14.2 Å². The quantitative estimate of drug-likeness (QED) is 0.101. The molecule has 1 aromatic heterocycles. The topological polar surface area (TPSA) is 21.3 Å². The summed E-state index contributed by atoms with van der Waals surface area (Å²) in [5.41, 5.74) is 6.49. The van der Waals surface area contributed by atoms with Crippen LogP contribution in [-0.4, -0.2) is 4.57 Å². The molecule has 1 heterocycles. The molecule has 0 aliphatic heterocycles. The molecule has 0 saturated carbocycles. The number of fused-ring (bicyclic) bond motifs is 1. The van der Waals surface area contributed by atoms with Crippen molar-refractivity contribution in [2.45, 2.75) is 0 Å². The zero-order chi connectivity index (χ0) is 48.1. The second kappa shape index (κ2) is 17.3. The maximum Gasteiger partial charge on any atom is 4.00 e. The summed E-state index contributed by atoms with van der Waals surface area (Å²) >= 11 is 0.